The van der Waals surface area contributed by atoms with Gasteiger partial charge in [-0.3, -0.25) is 4.68 Å². The molecule has 3 nitrogen and oxygen atoms in total. The maximum atomic E-state index is 5.93. The van der Waals surface area contributed by atoms with Crippen molar-refractivity contribution in [1.82, 2.24) is 9.78 Å². The van der Waals surface area contributed by atoms with Gasteiger partial charge in [-0.2, -0.15) is 5.10 Å². The van der Waals surface area contributed by atoms with E-state index in [4.69, 9.17) is 5.73 Å². The van der Waals surface area contributed by atoms with Crippen molar-refractivity contribution in [2.45, 2.75) is 20.8 Å². The Morgan fingerprint density at radius 1 is 1.12 bits per heavy atom. The van der Waals surface area contributed by atoms with Crippen LogP contribution in [-0.4, -0.2) is 9.78 Å². The summed E-state index contributed by atoms with van der Waals surface area (Å²) in [6.45, 7) is 6.26. The first-order valence-electron chi connectivity index (χ1n) is 5.37. The average Bonchev–Trinajstić information content (AvgIpc) is 2.47. The van der Waals surface area contributed by atoms with Gasteiger partial charge in [-0.1, -0.05) is 18.2 Å². The minimum atomic E-state index is 0.600. The molecule has 0 atom stereocenters. The highest BCUT2D eigenvalue weighted by Gasteiger charge is 2.12. The predicted molar refractivity (Wildman–Crippen MR) is 67.3 cm³/mol. The van der Waals surface area contributed by atoms with E-state index in [1.165, 1.54) is 11.1 Å². The van der Waals surface area contributed by atoms with Crippen molar-refractivity contribution in [3.63, 3.8) is 0 Å². The third-order valence-corrected chi connectivity index (χ3v) is 3.16. The fourth-order valence-corrected chi connectivity index (χ4v) is 1.89. The zero-order valence-electron chi connectivity index (χ0n) is 10.2. The number of benzene rings is 1. The number of nitrogens with two attached hydrogens (primary N) is 1. The highest BCUT2D eigenvalue weighted by atomic mass is 15.3. The monoisotopic (exact) mass is 215 g/mol. The molecule has 1 aromatic carbocycles. The van der Waals surface area contributed by atoms with Crippen LogP contribution in [-0.2, 0) is 7.05 Å². The van der Waals surface area contributed by atoms with Gasteiger partial charge in [-0.05, 0) is 37.5 Å². The summed E-state index contributed by atoms with van der Waals surface area (Å²) in [7, 11) is 1.91. The maximum absolute atomic E-state index is 5.93. The molecule has 0 unspecified atom stereocenters. The SMILES string of the molecule is Cc1ccc(-c2c(N)nn(C)c2C)cc1C. The summed E-state index contributed by atoms with van der Waals surface area (Å²) in [4.78, 5) is 0. The molecule has 3 heteroatoms. The van der Waals surface area contributed by atoms with Gasteiger partial charge < -0.3 is 5.73 Å². The van der Waals surface area contributed by atoms with Gasteiger partial charge in [-0.25, -0.2) is 0 Å². The van der Waals surface area contributed by atoms with E-state index in [9.17, 15) is 0 Å². The summed E-state index contributed by atoms with van der Waals surface area (Å²) in [5.74, 6) is 0.600. The van der Waals surface area contributed by atoms with Crippen molar-refractivity contribution in [3.05, 3.63) is 35.0 Å². The maximum Gasteiger partial charge on any atom is 0.153 e. The Balaban J connectivity index is 2.63. The molecule has 0 fully saturated rings. The normalized spacial score (nSPS) is 10.8. The Kier molecular flexibility index (Phi) is 2.46. The third kappa shape index (κ3) is 1.58. The number of aryl methyl sites for hydroxylation is 3. The molecule has 0 radical (unpaired) electrons. The van der Waals surface area contributed by atoms with Crippen LogP contribution in [0.1, 0.15) is 16.8 Å². The van der Waals surface area contributed by atoms with Crippen molar-refractivity contribution in [2.75, 3.05) is 5.73 Å². The molecule has 0 spiro atoms. The van der Waals surface area contributed by atoms with Gasteiger partial charge in [0.2, 0.25) is 0 Å². The van der Waals surface area contributed by atoms with E-state index >= 15 is 0 Å². The predicted octanol–water partition coefficient (Wildman–Crippen LogP) is 2.59. The van der Waals surface area contributed by atoms with Crippen molar-refractivity contribution < 1.29 is 0 Å². The van der Waals surface area contributed by atoms with Gasteiger partial charge in [-0.15, -0.1) is 0 Å². The molecular weight excluding hydrogens is 198 g/mol. The van der Waals surface area contributed by atoms with Crippen molar-refractivity contribution >= 4 is 5.82 Å². The summed E-state index contributed by atoms with van der Waals surface area (Å²) in [5, 5.41) is 4.23. The van der Waals surface area contributed by atoms with E-state index in [1.807, 2.05) is 18.7 Å². The summed E-state index contributed by atoms with van der Waals surface area (Å²) in [6.07, 6.45) is 0. The van der Waals surface area contributed by atoms with Crippen LogP contribution in [0.4, 0.5) is 5.82 Å². The van der Waals surface area contributed by atoms with Crippen LogP contribution in [0.15, 0.2) is 18.2 Å². The van der Waals surface area contributed by atoms with Gasteiger partial charge in [0.1, 0.15) is 0 Å². The first kappa shape index (κ1) is 10.7. The highest BCUT2D eigenvalue weighted by molar-refractivity contribution is 5.76. The summed E-state index contributed by atoms with van der Waals surface area (Å²) >= 11 is 0. The number of hydrogen-bond donors (Lipinski definition) is 1. The Bertz CT molecular complexity index is 538. The van der Waals surface area contributed by atoms with E-state index in [0.717, 1.165) is 16.8 Å². The topological polar surface area (TPSA) is 43.8 Å². The van der Waals surface area contributed by atoms with Gasteiger partial charge in [0, 0.05) is 18.3 Å². The van der Waals surface area contributed by atoms with Crippen molar-refractivity contribution in [2.24, 2.45) is 7.05 Å². The van der Waals surface area contributed by atoms with Crippen LogP contribution in [0.25, 0.3) is 11.1 Å². The lowest BCUT2D eigenvalue weighted by Crippen LogP contribution is -1.93. The van der Waals surface area contributed by atoms with Crippen molar-refractivity contribution in [3.8, 4) is 11.1 Å². The van der Waals surface area contributed by atoms with E-state index in [0.29, 0.717) is 5.82 Å². The Morgan fingerprint density at radius 3 is 2.31 bits per heavy atom. The van der Waals surface area contributed by atoms with Gasteiger partial charge in [0.05, 0.1) is 0 Å². The molecule has 84 valence electrons. The lowest BCUT2D eigenvalue weighted by molar-refractivity contribution is 0.744. The minimum absolute atomic E-state index is 0.600. The van der Waals surface area contributed by atoms with Crippen LogP contribution in [0.2, 0.25) is 0 Å². The minimum Gasteiger partial charge on any atom is -0.382 e. The van der Waals surface area contributed by atoms with Crippen LogP contribution in [0, 0.1) is 20.8 Å². The number of anilines is 1. The Hall–Kier alpha value is -1.77. The molecule has 2 rings (SSSR count). The third-order valence-electron chi connectivity index (χ3n) is 3.16. The molecule has 0 saturated carbocycles. The number of nitrogen functional groups attached to an aromatic ring is 1. The highest BCUT2D eigenvalue weighted by Crippen LogP contribution is 2.29. The summed E-state index contributed by atoms with van der Waals surface area (Å²) in [6, 6.07) is 6.38. The molecule has 1 aromatic heterocycles. The van der Waals surface area contributed by atoms with Crippen LogP contribution < -0.4 is 5.73 Å². The molecule has 2 aromatic rings. The summed E-state index contributed by atoms with van der Waals surface area (Å²) < 4.78 is 1.82. The molecule has 0 aliphatic rings. The molecule has 1 heterocycles. The van der Waals surface area contributed by atoms with E-state index < -0.39 is 0 Å². The number of nitrogens with zero attached hydrogens (tertiary/aromatic N) is 2. The first-order chi connectivity index (χ1) is 7.50. The lowest BCUT2D eigenvalue weighted by Gasteiger charge is -2.05. The number of hydrogen-bond acceptors (Lipinski definition) is 2. The number of rotatable bonds is 1. The average molecular weight is 215 g/mol. The standard InChI is InChI=1S/C13H17N3/c1-8-5-6-11(7-9(8)2)12-10(3)16(4)15-13(12)14/h5-7H,1-4H3,(H2,14,15). The zero-order chi connectivity index (χ0) is 11.9. The van der Waals surface area contributed by atoms with Gasteiger partial charge in [0.15, 0.2) is 5.82 Å². The zero-order valence-corrected chi connectivity index (χ0v) is 10.2. The molecule has 0 bridgehead atoms. The van der Waals surface area contributed by atoms with Crippen molar-refractivity contribution in [1.29, 1.82) is 0 Å². The first-order valence-corrected chi connectivity index (χ1v) is 5.37. The lowest BCUT2D eigenvalue weighted by atomic mass is 10.0. The Morgan fingerprint density at radius 2 is 1.81 bits per heavy atom. The molecule has 0 aliphatic heterocycles. The quantitative estimate of drug-likeness (QED) is 0.794. The molecule has 0 saturated heterocycles. The smallest absolute Gasteiger partial charge is 0.153 e. The second-order valence-electron chi connectivity index (χ2n) is 4.27. The molecule has 0 aliphatic carbocycles. The van der Waals surface area contributed by atoms with Gasteiger partial charge >= 0.3 is 0 Å². The van der Waals surface area contributed by atoms with E-state index in [-0.39, 0.29) is 0 Å². The van der Waals surface area contributed by atoms with E-state index in [1.54, 1.807) is 0 Å². The Labute approximate surface area is 95.9 Å². The molecule has 16 heavy (non-hydrogen) atoms. The van der Waals surface area contributed by atoms with E-state index in [2.05, 4.69) is 37.1 Å². The fourth-order valence-electron chi connectivity index (χ4n) is 1.89. The molecule has 2 N–H and O–H groups in total. The van der Waals surface area contributed by atoms with Crippen LogP contribution >= 0.6 is 0 Å². The second-order valence-corrected chi connectivity index (χ2v) is 4.27. The van der Waals surface area contributed by atoms with Gasteiger partial charge in [0.25, 0.3) is 0 Å². The largest absolute Gasteiger partial charge is 0.382 e. The molecular formula is C13H17N3. The molecule has 0 amide bonds. The van der Waals surface area contributed by atoms with Crippen LogP contribution in [0.5, 0.6) is 0 Å². The fraction of sp³-hybridized carbons (Fsp3) is 0.308. The number of aromatic nitrogens is 2. The second kappa shape index (κ2) is 3.67. The van der Waals surface area contributed by atoms with Crippen LogP contribution in [0.3, 0.4) is 0 Å². The summed E-state index contributed by atoms with van der Waals surface area (Å²) in [5.41, 5.74) is 11.8.